The Morgan fingerprint density at radius 2 is 1.90 bits per heavy atom. The molecule has 0 atom stereocenters. The summed E-state index contributed by atoms with van der Waals surface area (Å²) in [6.07, 6.45) is 2.43. The van der Waals surface area contributed by atoms with Crippen molar-refractivity contribution in [1.82, 2.24) is 0 Å². The van der Waals surface area contributed by atoms with Crippen molar-refractivity contribution in [1.29, 1.82) is 0 Å². The maximum absolute atomic E-state index is 12.1. The minimum Gasteiger partial charge on any atom is -0.493 e. The first-order valence-electron chi connectivity index (χ1n) is 6.30. The van der Waals surface area contributed by atoms with Crippen molar-refractivity contribution in [2.24, 2.45) is 0 Å². The van der Waals surface area contributed by atoms with E-state index in [0.29, 0.717) is 23.5 Å². The molecule has 20 heavy (non-hydrogen) atoms. The van der Waals surface area contributed by atoms with E-state index in [1.165, 1.54) is 0 Å². The van der Waals surface area contributed by atoms with E-state index in [1.54, 1.807) is 43.5 Å². The van der Waals surface area contributed by atoms with E-state index in [2.05, 4.69) is 6.58 Å². The average molecular weight is 268 g/mol. The van der Waals surface area contributed by atoms with E-state index in [9.17, 15) is 4.79 Å². The van der Waals surface area contributed by atoms with Gasteiger partial charge in [0.1, 0.15) is 0 Å². The van der Waals surface area contributed by atoms with Gasteiger partial charge in [-0.25, -0.2) is 4.79 Å². The fourth-order valence-corrected chi connectivity index (χ4v) is 1.92. The number of hydrogen-bond donors (Lipinski definition) is 0. The van der Waals surface area contributed by atoms with Crippen LogP contribution >= 0.6 is 0 Å². The molecule has 0 spiro atoms. The Bertz CT molecular complexity index is 603. The second kappa shape index (κ2) is 6.57. The summed E-state index contributed by atoms with van der Waals surface area (Å²) < 4.78 is 10.8. The van der Waals surface area contributed by atoms with Crippen LogP contribution in [0.25, 0.3) is 0 Å². The van der Waals surface area contributed by atoms with Crippen LogP contribution in [0.4, 0.5) is 0 Å². The first-order valence-corrected chi connectivity index (χ1v) is 6.30. The van der Waals surface area contributed by atoms with E-state index >= 15 is 0 Å². The number of rotatable bonds is 5. The van der Waals surface area contributed by atoms with E-state index < -0.39 is 5.97 Å². The number of carbonyl (C=O) groups is 1. The Kier molecular flexibility index (Phi) is 4.56. The highest BCUT2D eigenvalue weighted by atomic mass is 16.6. The number of hydrogen-bond acceptors (Lipinski definition) is 3. The van der Waals surface area contributed by atoms with Gasteiger partial charge in [0, 0.05) is 5.56 Å². The molecule has 0 heterocycles. The van der Waals surface area contributed by atoms with Gasteiger partial charge in [0.15, 0.2) is 11.5 Å². The Balaban J connectivity index is 2.27. The molecule has 2 aromatic carbocycles. The lowest BCUT2D eigenvalue weighted by Gasteiger charge is -2.12. The highest BCUT2D eigenvalue weighted by molar-refractivity contribution is 5.91. The second-order valence-corrected chi connectivity index (χ2v) is 4.20. The van der Waals surface area contributed by atoms with Gasteiger partial charge in [0.05, 0.1) is 12.7 Å². The normalized spacial score (nSPS) is 9.85. The number of ether oxygens (including phenoxy) is 2. The van der Waals surface area contributed by atoms with Crippen molar-refractivity contribution < 1.29 is 14.3 Å². The van der Waals surface area contributed by atoms with Crippen molar-refractivity contribution in [3.63, 3.8) is 0 Å². The molecule has 0 aromatic heterocycles. The van der Waals surface area contributed by atoms with Crippen molar-refractivity contribution in [3.8, 4) is 11.5 Å². The van der Waals surface area contributed by atoms with Gasteiger partial charge in [-0.2, -0.15) is 0 Å². The molecule has 0 bridgehead atoms. The molecular formula is C17H16O3. The molecule has 0 N–H and O–H groups in total. The molecule has 0 aliphatic carbocycles. The molecule has 3 heteroatoms. The molecule has 0 aliphatic rings. The second-order valence-electron chi connectivity index (χ2n) is 4.20. The molecule has 3 nitrogen and oxygen atoms in total. The van der Waals surface area contributed by atoms with Crippen LogP contribution in [0.15, 0.2) is 61.2 Å². The highest BCUT2D eigenvalue weighted by Gasteiger charge is 2.14. The summed E-state index contributed by atoms with van der Waals surface area (Å²) in [5.74, 6) is 0.581. The van der Waals surface area contributed by atoms with Gasteiger partial charge in [0.2, 0.25) is 0 Å². The zero-order valence-electron chi connectivity index (χ0n) is 11.3. The molecule has 2 aromatic rings. The van der Waals surface area contributed by atoms with Crippen LogP contribution in [0.2, 0.25) is 0 Å². The predicted octanol–water partition coefficient (Wildman–Crippen LogP) is 3.64. The lowest BCUT2D eigenvalue weighted by atomic mass is 10.1. The summed E-state index contributed by atoms with van der Waals surface area (Å²) >= 11 is 0. The molecular weight excluding hydrogens is 252 g/mol. The summed E-state index contributed by atoms with van der Waals surface area (Å²) in [6.45, 7) is 3.71. The fourth-order valence-electron chi connectivity index (χ4n) is 1.92. The van der Waals surface area contributed by atoms with E-state index in [-0.39, 0.29) is 0 Å². The monoisotopic (exact) mass is 268 g/mol. The molecule has 0 radical (unpaired) electrons. The maximum Gasteiger partial charge on any atom is 0.343 e. The lowest BCUT2D eigenvalue weighted by Crippen LogP contribution is -2.09. The van der Waals surface area contributed by atoms with Crippen LogP contribution in [-0.2, 0) is 6.42 Å². The zero-order chi connectivity index (χ0) is 14.4. The molecule has 0 aliphatic heterocycles. The van der Waals surface area contributed by atoms with Gasteiger partial charge in [0.25, 0.3) is 0 Å². The molecule has 0 saturated carbocycles. The highest BCUT2D eigenvalue weighted by Crippen LogP contribution is 2.32. The number of methoxy groups -OCH3 is 1. The third-order valence-corrected chi connectivity index (χ3v) is 2.84. The molecule has 0 fully saturated rings. The van der Waals surface area contributed by atoms with Crippen molar-refractivity contribution in [3.05, 3.63) is 72.3 Å². The van der Waals surface area contributed by atoms with E-state index in [4.69, 9.17) is 9.47 Å². The summed E-state index contributed by atoms with van der Waals surface area (Å²) in [6, 6.07) is 14.3. The minimum atomic E-state index is -0.403. The van der Waals surface area contributed by atoms with Gasteiger partial charge < -0.3 is 9.47 Å². The number of para-hydroxylation sites is 1. The number of allylic oxidation sites excluding steroid dienone is 1. The van der Waals surface area contributed by atoms with E-state index in [1.807, 2.05) is 18.2 Å². The summed E-state index contributed by atoms with van der Waals surface area (Å²) in [4.78, 5) is 12.1. The van der Waals surface area contributed by atoms with E-state index in [0.717, 1.165) is 5.56 Å². The Morgan fingerprint density at radius 3 is 2.55 bits per heavy atom. The number of esters is 1. The van der Waals surface area contributed by atoms with Gasteiger partial charge >= 0.3 is 5.97 Å². The Hall–Kier alpha value is -2.55. The third-order valence-electron chi connectivity index (χ3n) is 2.84. The summed E-state index contributed by atoms with van der Waals surface area (Å²) in [5.41, 5.74) is 1.43. The molecule has 2 rings (SSSR count). The van der Waals surface area contributed by atoms with Crippen molar-refractivity contribution in [2.75, 3.05) is 7.11 Å². The molecule has 0 amide bonds. The minimum absolute atomic E-state index is 0.403. The Labute approximate surface area is 118 Å². The predicted molar refractivity (Wildman–Crippen MR) is 78.3 cm³/mol. The number of carbonyl (C=O) groups excluding carboxylic acids is 1. The SMILES string of the molecule is C=CCc1cccc(OC(=O)c2ccccc2)c1OC. The van der Waals surface area contributed by atoms with Crippen LogP contribution in [0.3, 0.4) is 0 Å². The van der Waals surface area contributed by atoms with Gasteiger partial charge in [-0.15, -0.1) is 6.58 Å². The molecule has 0 saturated heterocycles. The van der Waals surface area contributed by atoms with Gasteiger partial charge in [-0.3, -0.25) is 0 Å². The smallest absolute Gasteiger partial charge is 0.343 e. The lowest BCUT2D eigenvalue weighted by molar-refractivity contribution is 0.0729. The van der Waals surface area contributed by atoms with Crippen molar-refractivity contribution in [2.45, 2.75) is 6.42 Å². The average Bonchev–Trinajstić information content (AvgIpc) is 2.49. The molecule has 0 unspecified atom stereocenters. The van der Waals surface area contributed by atoms with Crippen LogP contribution in [0.1, 0.15) is 15.9 Å². The van der Waals surface area contributed by atoms with Gasteiger partial charge in [-0.1, -0.05) is 36.4 Å². The van der Waals surface area contributed by atoms with Gasteiger partial charge in [-0.05, 0) is 24.6 Å². The first kappa shape index (κ1) is 13.9. The fraction of sp³-hybridized carbons (Fsp3) is 0.118. The van der Waals surface area contributed by atoms with Crippen LogP contribution in [-0.4, -0.2) is 13.1 Å². The zero-order valence-corrected chi connectivity index (χ0v) is 11.3. The molecule has 102 valence electrons. The number of benzene rings is 2. The third kappa shape index (κ3) is 3.06. The quantitative estimate of drug-likeness (QED) is 0.472. The summed E-state index contributed by atoms with van der Waals surface area (Å²) in [5, 5.41) is 0. The standard InChI is InChI=1S/C17H16O3/c1-3-8-13-11-7-12-15(16(13)19-2)20-17(18)14-9-5-4-6-10-14/h3-7,9-12H,1,8H2,2H3. The van der Waals surface area contributed by atoms with Crippen LogP contribution in [0, 0.1) is 0 Å². The van der Waals surface area contributed by atoms with Crippen LogP contribution < -0.4 is 9.47 Å². The van der Waals surface area contributed by atoms with Crippen LogP contribution in [0.5, 0.6) is 11.5 Å². The maximum atomic E-state index is 12.1. The topological polar surface area (TPSA) is 35.5 Å². The largest absolute Gasteiger partial charge is 0.493 e. The first-order chi connectivity index (χ1) is 9.76. The van der Waals surface area contributed by atoms with Crippen molar-refractivity contribution >= 4 is 5.97 Å². The Morgan fingerprint density at radius 1 is 1.15 bits per heavy atom. The summed E-state index contributed by atoms with van der Waals surface area (Å²) in [7, 11) is 1.56.